The van der Waals surface area contributed by atoms with Gasteiger partial charge in [-0.1, -0.05) is 35.9 Å². The van der Waals surface area contributed by atoms with E-state index in [1.54, 1.807) is 6.08 Å². The normalized spacial score (nSPS) is 10.1. The van der Waals surface area contributed by atoms with Gasteiger partial charge in [0.1, 0.15) is 0 Å². The van der Waals surface area contributed by atoms with Crippen molar-refractivity contribution in [2.24, 2.45) is 0 Å². The lowest BCUT2D eigenvalue weighted by atomic mass is 10.1. The number of benzene rings is 2. The maximum Gasteiger partial charge on any atom is 0.0534 e. The van der Waals surface area contributed by atoms with Crippen molar-refractivity contribution in [3.63, 3.8) is 0 Å². The van der Waals surface area contributed by atoms with Gasteiger partial charge in [-0.25, -0.2) is 0 Å². The van der Waals surface area contributed by atoms with Crippen LogP contribution in [-0.2, 0) is 0 Å². The first-order valence-corrected chi connectivity index (χ1v) is 7.31. The third-order valence-corrected chi connectivity index (χ3v) is 3.69. The number of hydrogen-bond acceptors (Lipinski definition) is 0. The smallest absolute Gasteiger partial charge is 0.0534 e. The third kappa shape index (κ3) is 2.92. The van der Waals surface area contributed by atoms with Crippen LogP contribution < -0.4 is 0 Å². The van der Waals surface area contributed by atoms with Crippen LogP contribution in [0.2, 0.25) is 0 Å². The molecule has 0 aliphatic rings. The average Bonchev–Trinajstić information content (AvgIpc) is 2.73. The summed E-state index contributed by atoms with van der Waals surface area (Å²) < 4.78 is 2.34. The minimum Gasteiger partial charge on any atom is -0.314 e. The molecule has 1 nitrogen and oxygen atoms in total. The van der Waals surface area contributed by atoms with Gasteiger partial charge in [-0.3, -0.25) is 0 Å². The molecule has 21 heavy (non-hydrogen) atoms. The first-order valence-electron chi connectivity index (χ1n) is 7.31. The second-order valence-electron chi connectivity index (χ2n) is 5.31. The Kier molecular flexibility index (Phi) is 4.64. The number of nitrogens with zero attached hydrogens (tertiary/aromatic N) is 1. The van der Waals surface area contributed by atoms with Crippen molar-refractivity contribution in [3.05, 3.63) is 78.0 Å². The molecule has 0 amide bonds. The molecule has 1 aromatic heterocycles. The van der Waals surface area contributed by atoms with Crippen molar-refractivity contribution in [3.8, 4) is 5.69 Å². The first-order chi connectivity index (χ1) is 10.1. The molecule has 0 saturated carbocycles. The van der Waals surface area contributed by atoms with Gasteiger partial charge in [-0.15, -0.1) is 6.58 Å². The van der Waals surface area contributed by atoms with E-state index in [1.807, 2.05) is 6.92 Å². The fraction of sp³-hybridized carbons (Fsp3) is 0.200. The lowest BCUT2D eigenvalue weighted by Gasteiger charge is -2.08. The molecule has 0 fully saturated rings. The van der Waals surface area contributed by atoms with Crippen LogP contribution in [0.3, 0.4) is 0 Å². The van der Waals surface area contributed by atoms with Gasteiger partial charge in [-0.05, 0) is 57.5 Å². The number of hydrogen-bond donors (Lipinski definition) is 0. The highest BCUT2D eigenvalue weighted by Crippen LogP contribution is 2.29. The monoisotopic (exact) mass is 277 g/mol. The molecular formula is C20H23N. The van der Waals surface area contributed by atoms with Crippen molar-refractivity contribution in [1.29, 1.82) is 0 Å². The average molecular weight is 277 g/mol. The van der Waals surface area contributed by atoms with Crippen LogP contribution in [0.1, 0.15) is 23.7 Å². The van der Waals surface area contributed by atoms with Crippen molar-refractivity contribution in [1.82, 2.24) is 4.57 Å². The predicted octanol–water partition coefficient (Wildman–Crippen LogP) is 5.75. The van der Waals surface area contributed by atoms with Gasteiger partial charge >= 0.3 is 0 Å². The maximum atomic E-state index is 3.36. The summed E-state index contributed by atoms with van der Waals surface area (Å²) in [5.41, 5.74) is 6.54. The minimum atomic E-state index is 1.23. The van der Waals surface area contributed by atoms with Crippen LogP contribution in [0.4, 0.5) is 0 Å². The Morgan fingerprint density at radius 1 is 0.952 bits per heavy atom. The van der Waals surface area contributed by atoms with Gasteiger partial charge in [-0.2, -0.15) is 0 Å². The number of aryl methyl sites for hydroxylation is 2. The fourth-order valence-corrected chi connectivity index (χ4v) is 2.60. The molecule has 1 heterocycles. The molecule has 0 atom stereocenters. The molecule has 0 aliphatic heterocycles. The van der Waals surface area contributed by atoms with E-state index < -0.39 is 0 Å². The van der Waals surface area contributed by atoms with Gasteiger partial charge in [0.2, 0.25) is 0 Å². The molecule has 0 unspecified atom stereocenters. The highest BCUT2D eigenvalue weighted by Gasteiger charge is 2.11. The molecule has 1 heteroatoms. The van der Waals surface area contributed by atoms with Crippen LogP contribution in [0.15, 0.2) is 61.2 Å². The van der Waals surface area contributed by atoms with Gasteiger partial charge in [0.25, 0.3) is 0 Å². The van der Waals surface area contributed by atoms with Crippen LogP contribution >= 0.6 is 0 Å². The maximum absolute atomic E-state index is 3.36. The van der Waals surface area contributed by atoms with Crippen molar-refractivity contribution < 1.29 is 0 Å². The zero-order valence-electron chi connectivity index (χ0n) is 13.4. The summed E-state index contributed by atoms with van der Waals surface area (Å²) in [5, 5.41) is 1.36. The Labute approximate surface area is 127 Å². The van der Waals surface area contributed by atoms with E-state index in [0.717, 1.165) is 0 Å². The molecule has 0 radical (unpaired) electrons. The van der Waals surface area contributed by atoms with E-state index in [1.165, 1.54) is 33.4 Å². The van der Waals surface area contributed by atoms with Crippen LogP contribution in [0.25, 0.3) is 16.6 Å². The van der Waals surface area contributed by atoms with Gasteiger partial charge in [0.15, 0.2) is 0 Å². The predicted molar refractivity (Wildman–Crippen MR) is 93.4 cm³/mol. The zero-order valence-corrected chi connectivity index (χ0v) is 13.4. The molecule has 108 valence electrons. The third-order valence-electron chi connectivity index (χ3n) is 3.69. The Balaban J connectivity index is 0.000000497. The summed E-state index contributed by atoms with van der Waals surface area (Å²) in [6, 6.07) is 17.2. The van der Waals surface area contributed by atoms with Crippen molar-refractivity contribution >= 4 is 10.9 Å². The summed E-state index contributed by atoms with van der Waals surface area (Å²) >= 11 is 0. The summed E-state index contributed by atoms with van der Waals surface area (Å²) in [5.74, 6) is 0. The first kappa shape index (κ1) is 15.1. The molecule has 0 saturated heterocycles. The highest BCUT2D eigenvalue weighted by molar-refractivity contribution is 5.87. The van der Waals surface area contributed by atoms with E-state index in [0.29, 0.717) is 0 Å². The van der Waals surface area contributed by atoms with Crippen molar-refractivity contribution in [2.45, 2.75) is 27.7 Å². The lowest BCUT2D eigenvalue weighted by molar-refractivity contribution is 1.04. The second-order valence-corrected chi connectivity index (χ2v) is 5.31. The van der Waals surface area contributed by atoms with Crippen LogP contribution in [0, 0.1) is 20.8 Å². The largest absolute Gasteiger partial charge is 0.314 e. The lowest BCUT2D eigenvalue weighted by Crippen LogP contribution is -1.95. The molecule has 3 aromatic rings. The van der Waals surface area contributed by atoms with E-state index in [4.69, 9.17) is 0 Å². The number of para-hydroxylation sites is 1. The molecule has 2 aromatic carbocycles. The van der Waals surface area contributed by atoms with E-state index >= 15 is 0 Å². The summed E-state index contributed by atoms with van der Waals surface area (Å²) in [7, 11) is 0. The van der Waals surface area contributed by atoms with Crippen LogP contribution in [0.5, 0.6) is 0 Å². The van der Waals surface area contributed by atoms with Crippen LogP contribution in [-0.4, -0.2) is 4.57 Å². The Hall–Kier alpha value is -2.28. The molecule has 0 spiro atoms. The number of allylic oxidation sites excluding steroid dienone is 1. The SMILES string of the molecule is C=CC.Cc1ccc2c(c1)c(C)c(C)n2-c1ccccc1. The molecular weight excluding hydrogens is 254 g/mol. The Morgan fingerprint density at radius 3 is 2.19 bits per heavy atom. The van der Waals surface area contributed by atoms with Crippen molar-refractivity contribution in [2.75, 3.05) is 0 Å². The molecule has 0 bridgehead atoms. The van der Waals surface area contributed by atoms with Gasteiger partial charge in [0, 0.05) is 16.8 Å². The summed E-state index contributed by atoms with van der Waals surface area (Å²) in [6.07, 6.45) is 1.75. The van der Waals surface area contributed by atoms with Gasteiger partial charge < -0.3 is 4.57 Å². The number of rotatable bonds is 1. The molecule has 0 aliphatic carbocycles. The quantitative estimate of drug-likeness (QED) is 0.499. The number of fused-ring (bicyclic) bond motifs is 1. The summed E-state index contributed by atoms with van der Waals surface area (Å²) in [4.78, 5) is 0. The van der Waals surface area contributed by atoms with E-state index in [-0.39, 0.29) is 0 Å². The fourth-order valence-electron chi connectivity index (χ4n) is 2.60. The minimum absolute atomic E-state index is 1.23. The molecule has 3 rings (SSSR count). The zero-order chi connectivity index (χ0) is 15.4. The Morgan fingerprint density at radius 2 is 1.57 bits per heavy atom. The summed E-state index contributed by atoms with van der Waals surface area (Å²) in [6.45, 7) is 11.8. The number of aromatic nitrogens is 1. The Bertz CT molecular complexity index is 748. The topological polar surface area (TPSA) is 4.93 Å². The van der Waals surface area contributed by atoms with E-state index in [2.05, 4.69) is 80.4 Å². The van der Waals surface area contributed by atoms with E-state index in [9.17, 15) is 0 Å². The van der Waals surface area contributed by atoms with Gasteiger partial charge in [0.05, 0.1) is 5.52 Å². The second kappa shape index (κ2) is 6.45. The standard InChI is InChI=1S/C17H17N.C3H6/c1-12-9-10-17-16(11-12)13(2)14(3)18(17)15-7-5-4-6-8-15;1-3-2/h4-11H,1-3H3;3H,1H2,2H3. The highest BCUT2D eigenvalue weighted by atomic mass is 15.0. The molecule has 0 N–H and O–H groups in total.